The zero-order valence-electron chi connectivity index (χ0n) is 12.9. The highest BCUT2D eigenvalue weighted by Crippen LogP contribution is 2.17. The first kappa shape index (κ1) is 15.2. The van der Waals surface area contributed by atoms with Crippen molar-refractivity contribution in [3.05, 3.63) is 65.6 Å². The molecule has 0 spiro atoms. The van der Waals surface area contributed by atoms with Crippen LogP contribution in [0.3, 0.4) is 0 Å². The van der Waals surface area contributed by atoms with E-state index in [0.29, 0.717) is 19.5 Å². The van der Waals surface area contributed by atoms with Crippen molar-refractivity contribution in [3.63, 3.8) is 0 Å². The largest absolute Gasteiger partial charge is 0.352 e. The van der Waals surface area contributed by atoms with Crippen molar-refractivity contribution in [3.8, 4) is 0 Å². The molecule has 1 amide bonds. The lowest BCUT2D eigenvalue weighted by Crippen LogP contribution is -2.24. The lowest BCUT2D eigenvalue weighted by atomic mass is 10.2. The molecule has 0 aliphatic heterocycles. The summed E-state index contributed by atoms with van der Waals surface area (Å²) in [6.45, 7) is 2.97. The van der Waals surface area contributed by atoms with E-state index in [-0.39, 0.29) is 11.7 Å². The number of para-hydroxylation sites is 1. The van der Waals surface area contributed by atoms with Crippen molar-refractivity contribution in [1.82, 2.24) is 15.1 Å². The molecule has 0 atom stereocenters. The van der Waals surface area contributed by atoms with Crippen LogP contribution in [0.4, 0.5) is 4.39 Å². The number of benzene rings is 2. The number of hydrogen-bond donors (Lipinski definition) is 1. The van der Waals surface area contributed by atoms with Crippen LogP contribution in [0.15, 0.2) is 48.7 Å². The van der Waals surface area contributed by atoms with Gasteiger partial charge in [0.25, 0.3) is 0 Å². The number of rotatable bonds is 5. The highest BCUT2D eigenvalue weighted by molar-refractivity contribution is 5.82. The van der Waals surface area contributed by atoms with Crippen molar-refractivity contribution < 1.29 is 9.18 Å². The normalized spacial score (nSPS) is 10.9. The average Bonchev–Trinajstić information content (AvgIpc) is 2.97. The number of aryl methyl sites for hydroxylation is 2. The second-order valence-corrected chi connectivity index (χ2v) is 5.53. The first-order chi connectivity index (χ1) is 11.1. The molecule has 0 aliphatic rings. The predicted molar refractivity (Wildman–Crippen MR) is 87.3 cm³/mol. The number of carbonyl (C=O) groups excluding carboxylic acids is 1. The highest BCUT2D eigenvalue weighted by Gasteiger charge is 2.07. The maximum Gasteiger partial charge on any atom is 0.222 e. The summed E-state index contributed by atoms with van der Waals surface area (Å²) in [5.41, 5.74) is 3.09. The number of amides is 1. The molecule has 0 bridgehead atoms. The summed E-state index contributed by atoms with van der Waals surface area (Å²) in [5, 5.41) is 8.27. The van der Waals surface area contributed by atoms with E-state index in [1.165, 1.54) is 12.1 Å². The Kier molecular flexibility index (Phi) is 4.37. The zero-order chi connectivity index (χ0) is 16.2. The third kappa shape index (κ3) is 3.56. The van der Waals surface area contributed by atoms with Crippen LogP contribution >= 0.6 is 0 Å². The molecule has 0 fully saturated rings. The van der Waals surface area contributed by atoms with Crippen LogP contribution in [-0.4, -0.2) is 15.7 Å². The maximum atomic E-state index is 12.8. The van der Waals surface area contributed by atoms with E-state index in [4.69, 9.17) is 0 Å². The molecule has 4 nitrogen and oxygen atoms in total. The predicted octanol–water partition coefficient (Wildman–Crippen LogP) is 3.19. The van der Waals surface area contributed by atoms with E-state index in [1.807, 2.05) is 36.0 Å². The van der Waals surface area contributed by atoms with Crippen LogP contribution in [-0.2, 0) is 17.9 Å². The molecule has 2 aromatic carbocycles. The number of nitrogens with zero attached hydrogens (tertiary/aromatic N) is 2. The Hall–Kier alpha value is -2.69. The van der Waals surface area contributed by atoms with Crippen LogP contribution < -0.4 is 5.32 Å². The Morgan fingerprint density at radius 2 is 2.00 bits per heavy atom. The van der Waals surface area contributed by atoms with E-state index in [1.54, 1.807) is 12.1 Å². The molecule has 1 heterocycles. The van der Waals surface area contributed by atoms with Crippen molar-refractivity contribution >= 4 is 16.8 Å². The summed E-state index contributed by atoms with van der Waals surface area (Å²) in [5.74, 6) is -0.326. The molecule has 0 saturated carbocycles. The van der Waals surface area contributed by atoms with Gasteiger partial charge in [0, 0.05) is 18.4 Å². The standard InChI is InChI=1S/C18H18FN3O/c1-13-3-2-4-15-12-21-22(18(13)15)10-9-17(23)20-11-14-5-7-16(19)8-6-14/h2-8,12H,9-11H2,1H3,(H,20,23). The number of aromatic nitrogens is 2. The van der Waals surface area contributed by atoms with Crippen LogP contribution in [0, 0.1) is 12.7 Å². The van der Waals surface area contributed by atoms with Gasteiger partial charge in [0.2, 0.25) is 5.91 Å². The monoisotopic (exact) mass is 311 g/mol. The van der Waals surface area contributed by atoms with E-state index in [9.17, 15) is 9.18 Å². The van der Waals surface area contributed by atoms with Crippen molar-refractivity contribution in [2.75, 3.05) is 0 Å². The Morgan fingerprint density at radius 1 is 1.22 bits per heavy atom. The van der Waals surface area contributed by atoms with E-state index < -0.39 is 0 Å². The van der Waals surface area contributed by atoms with Gasteiger partial charge in [-0.15, -0.1) is 0 Å². The second-order valence-electron chi connectivity index (χ2n) is 5.53. The van der Waals surface area contributed by atoms with E-state index in [0.717, 1.165) is 22.0 Å². The molecule has 1 aromatic heterocycles. The smallest absolute Gasteiger partial charge is 0.222 e. The Balaban J connectivity index is 1.57. The van der Waals surface area contributed by atoms with Crippen LogP contribution in [0.25, 0.3) is 10.9 Å². The molecule has 0 radical (unpaired) electrons. The topological polar surface area (TPSA) is 46.9 Å². The van der Waals surface area contributed by atoms with Gasteiger partial charge < -0.3 is 5.32 Å². The van der Waals surface area contributed by atoms with Gasteiger partial charge in [-0.1, -0.05) is 30.3 Å². The Morgan fingerprint density at radius 3 is 2.78 bits per heavy atom. The van der Waals surface area contributed by atoms with Gasteiger partial charge in [-0.05, 0) is 30.2 Å². The summed E-state index contributed by atoms with van der Waals surface area (Å²) >= 11 is 0. The van der Waals surface area contributed by atoms with Crippen molar-refractivity contribution in [2.24, 2.45) is 0 Å². The lowest BCUT2D eigenvalue weighted by Gasteiger charge is -2.07. The molecule has 0 saturated heterocycles. The molecule has 118 valence electrons. The molecule has 23 heavy (non-hydrogen) atoms. The SMILES string of the molecule is Cc1cccc2cnn(CCC(=O)NCc3ccc(F)cc3)c12. The van der Waals surface area contributed by atoms with Gasteiger partial charge in [-0.25, -0.2) is 4.39 Å². The van der Waals surface area contributed by atoms with E-state index in [2.05, 4.69) is 10.4 Å². The van der Waals surface area contributed by atoms with Gasteiger partial charge in [0.15, 0.2) is 0 Å². The number of nitrogens with one attached hydrogen (secondary N) is 1. The molecular formula is C18H18FN3O. The van der Waals surface area contributed by atoms with Crippen LogP contribution in [0.2, 0.25) is 0 Å². The minimum absolute atomic E-state index is 0.0495. The summed E-state index contributed by atoms with van der Waals surface area (Å²) in [6, 6.07) is 12.2. The fourth-order valence-corrected chi connectivity index (χ4v) is 2.60. The minimum atomic E-state index is -0.277. The fraction of sp³-hybridized carbons (Fsp3) is 0.222. The van der Waals surface area contributed by atoms with Gasteiger partial charge in [0.1, 0.15) is 5.82 Å². The summed E-state index contributed by atoms with van der Waals surface area (Å²) in [6.07, 6.45) is 2.17. The first-order valence-corrected chi connectivity index (χ1v) is 7.56. The Bertz CT molecular complexity index is 824. The minimum Gasteiger partial charge on any atom is -0.352 e. The third-order valence-corrected chi connectivity index (χ3v) is 3.82. The lowest BCUT2D eigenvalue weighted by molar-refractivity contribution is -0.121. The fourth-order valence-electron chi connectivity index (χ4n) is 2.60. The molecule has 3 rings (SSSR count). The number of halogens is 1. The van der Waals surface area contributed by atoms with Crippen LogP contribution in [0.5, 0.6) is 0 Å². The number of hydrogen-bond acceptors (Lipinski definition) is 2. The molecule has 5 heteroatoms. The molecular weight excluding hydrogens is 293 g/mol. The maximum absolute atomic E-state index is 12.8. The number of carbonyl (C=O) groups is 1. The highest BCUT2D eigenvalue weighted by atomic mass is 19.1. The third-order valence-electron chi connectivity index (χ3n) is 3.82. The number of fused-ring (bicyclic) bond motifs is 1. The summed E-state index contributed by atoms with van der Waals surface area (Å²) in [4.78, 5) is 12.0. The summed E-state index contributed by atoms with van der Waals surface area (Å²) < 4.78 is 14.7. The molecule has 1 N–H and O–H groups in total. The van der Waals surface area contributed by atoms with Gasteiger partial charge in [-0.3, -0.25) is 9.48 Å². The summed E-state index contributed by atoms with van der Waals surface area (Å²) in [7, 11) is 0. The molecule has 3 aromatic rings. The first-order valence-electron chi connectivity index (χ1n) is 7.56. The quantitative estimate of drug-likeness (QED) is 0.786. The van der Waals surface area contributed by atoms with Gasteiger partial charge >= 0.3 is 0 Å². The van der Waals surface area contributed by atoms with Crippen LogP contribution in [0.1, 0.15) is 17.5 Å². The Labute approximate surface area is 133 Å². The van der Waals surface area contributed by atoms with Crippen molar-refractivity contribution in [1.29, 1.82) is 0 Å². The van der Waals surface area contributed by atoms with E-state index >= 15 is 0 Å². The van der Waals surface area contributed by atoms with Gasteiger partial charge in [-0.2, -0.15) is 5.10 Å². The average molecular weight is 311 g/mol. The van der Waals surface area contributed by atoms with Gasteiger partial charge in [0.05, 0.1) is 18.3 Å². The molecule has 0 unspecified atom stereocenters. The second kappa shape index (κ2) is 6.60. The zero-order valence-corrected chi connectivity index (χ0v) is 12.9. The molecule has 0 aliphatic carbocycles. The van der Waals surface area contributed by atoms with Crippen molar-refractivity contribution in [2.45, 2.75) is 26.4 Å².